The molecular formula is C15H22N4O3S2. The predicted molar refractivity (Wildman–Crippen MR) is 93.9 cm³/mol. The van der Waals surface area contributed by atoms with E-state index in [1.165, 1.54) is 6.26 Å². The zero-order valence-corrected chi connectivity index (χ0v) is 15.4. The summed E-state index contributed by atoms with van der Waals surface area (Å²) in [6, 6.07) is 0.00680. The molecule has 0 aromatic carbocycles. The van der Waals surface area contributed by atoms with Crippen molar-refractivity contribution >= 4 is 32.9 Å². The Bertz CT molecular complexity index is 718. The minimum absolute atomic E-state index is 0.00680. The van der Waals surface area contributed by atoms with Crippen LogP contribution in [0.1, 0.15) is 19.3 Å². The summed E-state index contributed by atoms with van der Waals surface area (Å²) in [5, 5.41) is 3.02. The largest absolute Gasteiger partial charge is 0.338 e. The molecule has 1 amide bonds. The summed E-state index contributed by atoms with van der Waals surface area (Å²) >= 11 is 1.59. The number of hydrogen-bond donors (Lipinski definition) is 0. The highest BCUT2D eigenvalue weighted by Crippen LogP contribution is 2.33. The number of thioether (sulfide) groups is 1. The van der Waals surface area contributed by atoms with Crippen molar-refractivity contribution in [3.8, 4) is 0 Å². The summed E-state index contributed by atoms with van der Waals surface area (Å²) < 4.78 is 25.4. The van der Waals surface area contributed by atoms with Crippen molar-refractivity contribution in [2.75, 3.05) is 39.0 Å². The molecule has 5 aliphatic rings. The number of sulfonamides is 1. The second-order valence-corrected chi connectivity index (χ2v) is 9.76. The second-order valence-electron chi connectivity index (χ2n) is 6.94. The molecule has 3 fully saturated rings. The van der Waals surface area contributed by atoms with Crippen molar-refractivity contribution in [1.82, 2.24) is 14.1 Å². The van der Waals surface area contributed by atoms with Gasteiger partial charge in [0.15, 0.2) is 5.17 Å². The average Bonchev–Trinajstić information content (AvgIpc) is 2.99. The van der Waals surface area contributed by atoms with Crippen LogP contribution in [0.3, 0.4) is 0 Å². The van der Waals surface area contributed by atoms with Crippen LogP contribution in [0, 0.1) is 5.92 Å². The number of amidine groups is 1. The first-order chi connectivity index (χ1) is 11.4. The van der Waals surface area contributed by atoms with Crippen molar-refractivity contribution in [1.29, 1.82) is 0 Å². The van der Waals surface area contributed by atoms with Gasteiger partial charge in [-0.3, -0.25) is 9.79 Å². The van der Waals surface area contributed by atoms with E-state index in [-0.39, 0.29) is 17.9 Å². The molecule has 0 saturated carbocycles. The van der Waals surface area contributed by atoms with E-state index in [1.54, 1.807) is 16.1 Å². The third-order valence-electron chi connectivity index (χ3n) is 5.25. The molecule has 0 N–H and O–H groups in total. The highest BCUT2D eigenvalue weighted by atomic mass is 32.2. The molecule has 2 bridgehead atoms. The van der Waals surface area contributed by atoms with Crippen LogP contribution < -0.4 is 0 Å². The van der Waals surface area contributed by atoms with E-state index in [9.17, 15) is 13.2 Å². The number of amides is 1. The average molecular weight is 371 g/mol. The van der Waals surface area contributed by atoms with Gasteiger partial charge in [-0.05, 0) is 24.2 Å². The first kappa shape index (κ1) is 16.4. The Balaban J connectivity index is 1.47. The van der Waals surface area contributed by atoms with Gasteiger partial charge in [-0.2, -0.15) is 4.31 Å². The smallest absolute Gasteiger partial charge is 0.228 e. The fourth-order valence-electron chi connectivity index (χ4n) is 3.99. The Kier molecular flexibility index (Phi) is 4.12. The summed E-state index contributed by atoms with van der Waals surface area (Å²) in [4.78, 5) is 21.3. The van der Waals surface area contributed by atoms with Gasteiger partial charge < -0.3 is 9.80 Å². The molecule has 0 aliphatic carbocycles. The van der Waals surface area contributed by atoms with E-state index in [2.05, 4.69) is 9.89 Å². The first-order valence-corrected chi connectivity index (χ1v) is 11.1. The summed E-state index contributed by atoms with van der Waals surface area (Å²) in [5.41, 5.74) is 1.03. The number of aliphatic imine (C=N–C) groups is 1. The van der Waals surface area contributed by atoms with Crippen LogP contribution in [0.5, 0.6) is 0 Å². The van der Waals surface area contributed by atoms with Gasteiger partial charge in [-0.1, -0.05) is 11.8 Å². The lowest BCUT2D eigenvalue weighted by Gasteiger charge is -2.36. The van der Waals surface area contributed by atoms with Crippen molar-refractivity contribution < 1.29 is 13.2 Å². The standard InChI is InChI=1S/C15H22N4O3S2/c1-24(21,22)17-7-11-2-3-12(9-17)19(8-11)14(20)6-13-10-23-15-16-4-5-18(13)15/h10-12H,2-9H2,1H3/t11-,12+/m0/s1. The van der Waals surface area contributed by atoms with Crippen LogP contribution in [0.15, 0.2) is 16.1 Å². The lowest BCUT2D eigenvalue weighted by atomic mass is 9.94. The predicted octanol–water partition coefficient (Wildman–Crippen LogP) is 0.519. The molecule has 0 unspecified atom stereocenters. The van der Waals surface area contributed by atoms with Gasteiger partial charge in [-0.15, -0.1) is 0 Å². The fourth-order valence-corrected chi connectivity index (χ4v) is 5.87. The third kappa shape index (κ3) is 2.97. The lowest BCUT2D eigenvalue weighted by molar-refractivity contribution is -0.134. The minimum atomic E-state index is -3.20. The van der Waals surface area contributed by atoms with Gasteiger partial charge in [0.05, 0.1) is 19.2 Å². The monoisotopic (exact) mass is 370 g/mol. The number of carbonyl (C=O) groups excluding carboxylic acids is 1. The van der Waals surface area contributed by atoms with Crippen molar-refractivity contribution in [3.05, 3.63) is 11.1 Å². The molecule has 0 aromatic rings. The van der Waals surface area contributed by atoms with E-state index < -0.39 is 10.0 Å². The number of fused-ring (bicyclic) bond motifs is 5. The van der Waals surface area contributed by atoms with Crippen molar-refractivity contribution in [2.24, 2.45) is 10.9 Å². The maximum absolute atomic E-state index is 12.9. The SMILES string of the molecule is CS(=O)(=O)N1C[C@@H]2CC[C@H](C1)N(C(=O)CC1=CSC3=NCCN13)C2. The van der Waals surface area contributed by atoms with Gasteiger partial charge in [0.2, 0.25) is 15.9 Å². The lowest BCUT2D eigenvalue weighted by Crippen LogP contribution is -2.48. The van der Waals surface area contributed by atoms with E-state index in [0.29, 0.717) is 26.1 Å². The van der Waals surface area contributed by atoms with Crippen molar-refractivity contribution in [2.45, 2.75) is 25.3 Å². The van der Waals surface area contributed by atoms with E-state index in [0.717, 1.165) is 36.8 Å². The highest BCUT2D eigenvalue weighted by molar-refractivity contribution is 8.16. The number of hydrogen-bond acceptors (Lipinski definition) is 6. The van der Waals surface area contributed by atoms with Crippen LogP contribution >= 0.6 is 11.8 Å². The molecule has 24 heavy (non-hydrogen) atoms. The molecule has 5 aliphatic heterocycles. The molecule has 7 nitrogen and oxygen atoms in total. The zero-order valence-electron chi connectivity index (χ0n) is 13.7. The minimum Gasteiger partial charge on any atom is -0.338 e. The molecule has 132 valence electrons. The Morgan fingerprint density at radius 1 is 1.33 bits per heavy atom. The molecule has 0 radical (unpaired) electrons. The molecule has 0 aromatic heterocycles. The summed E-state index contributed by atoms with van der Waals surface area (Å²) in [6.07, 6.45) is 3.54. The summed E-state index contributed by atoms with van der Waals surface area (Å²) in [6.45, 7) is 3.31. The first-order valence-electron chi connectivity index (χ1n) is 8.34. The van der Waals surface area contributed by atoms with Gasteiger partial charge in [0.1, 0.15) is 0 Å². The quantitative estimate of drug-likeness (QED) is 0.724. The Hall–Kier alpha value is -1.06. The molecule has 5 heterocycles. The Labute approximate surface area is 146 Å². The van der Waals surface area contributed by atoms with Gasteiger partial charge in [0.25, 0.3) is 0 Å². The maximum Gasteiger partial charge on any atom is 0.228 e. The number of carbonyl (C=O) groups is 1. The van der Waals surface area contributed by atoms with Crippen LogP contribution in [0.4, 0.5) is 0 Å². The molecule has 5 rings (SSSR count). The van der Waals surface area contributed by atoms with Gasteiger partial charge in [0, 0.05) is 37.9 Å². The van der Waals surface area contributed by atoms with Crippen LogP contribution in [-0.4, -0.2) is 78.6 Å². The normalized spacial score (nSPS) is 30.2. The number of piperidine rings is 1. The van der Waals surface area contributed by atoms with Crippen LogP contribution in [0.2, 0.25) is 0 Å². The van der Waals surface area contributed by atoms with Crippen LogP contribution in [-0.2, 0) is 14.8 Å². The third-order valence-corrected chi connectivity index (χ3v) is 7.44. The Morgan fingerprint density at radius 2 is 2.17 bits per heavy atom. The van der Waals surface area contributed by atoms with Crippen LogP contribution in [0.25, 0.3) is 0 Å². The summed E-state index contributed by atoms with van der Waals surface area (Å²) in [7, 11) is -3.20. The molecule has 9 heteroatoms. The van der Waals surface area contributed by atoms with Crippen molar-refractivity contribution in [3.63, 3.8) is 0 Å². The Morgan fingerprint density at radius 3 is 2.96 bits per heavy atom. The zero-order chi connectivity index (χ0) is 16.9. The molecule has 2 atom stereocenters. The fraction of sp³-hybridized carbons (Fsp3) is 0.733. The van der Waals surface area contributed by atoms with Gasteiger partial charge >= 0.3 is 0 Å². The van der Waals surface area contributed by atoms with Gasteiger partial charge in [-0.25, -0.2) is 8.42 Å². The van der Waals surface area contributed by atoms with E-state index >= 15 is 0 Å². The topological polar surface area (TPSA) is 73.3 Å². The summed E-state index contributed by atoms with van der Waals surface area (Å²) in [5.74, 6) is 0.360. The maximum atomic E-state index is 12.9. The number of nitrogens with zero attached hydrogens (tertiary/aromatic N) is 4. The molecular weight excluding hydrogens is 348 g/mol. The van der Waals surface area contributed by atoms with E-state index in [4.69, 9.17) is 0 Å². The number of rotatable bonds is 3. The second kappa shape index (κ2) is 6.03. The molecule has 0 spiro atoms. The highest BCUT2D eigenvalue weighted by Gasteiger charge is 2.40. The molecule has 3 saturated heterocycles. The van der Waals surface area contributed by atoms with E-state index in [1.807, 2.05) is 10.3 Å².